The lowest BCUT2D eigenvalue weighted by Crippen LogP contribution is -2.32. The minimum absolute atomic E-state index is 0.116. The number of amides is 1. The zero-order chi connectivity index (χ0) is 24.8. The summed E-state index contributed by atoms with van der Waals surface area (Å²) in [5.74, 6) is 1.35. The Kier molecular flexibility index (Phi) is 7.62. The Morgan fingerprint density at radius 2 is 1.60 bits per heavy atom. The number of para-hydroxylation sites is 1. The first kappa shape index (κ1) is 24.2. The van der Waals surface area contributed by atoms with Crippen LogP contribution in [0, 0.1) is 4.77 Å². The molecule has 0 saturated heterocycles. The number of nitrogens with zero attached hydrogens (tertiary/aromatic N) is 1. The number of carbonyl (C=O) groups is 1. The van der Waals surface area contributed by atoms with Crippen LogP contribution in [0.3, 0.4) is 0 Å². The maximum absolute atomic E-state index is 13.0. The molecule has 0 aliphatic carbocycles. The van der Waals surface area contributed by atoms with Crippen molar-refractivity contribution in [3.63, 3.8) is 0 Å². The second kappa shape index (κ2) is 11.0. The van der Waals surface area contributed by atoms with Gasteiger partial charge in [-0.15, -0.1) is 0 Å². The monoisotopic (exact) mass is 489 g/mol. The van der Waals surface area contributed by atoms with Crippen molar-refractivity contribution in [3.8, 4) is 11.5 Å². The van der Waals surface area contributed by atoms with Gasteiger partial charge in [-0.2, -0.15) is 0 Å². The molecular formula is C27H27N3O4S. The molecule has 8 heteroatoms. The Balaban J connectivity index is 1.52. The number of methoxy groups -OCH3 is 2. The van der Waals surface area contributed by atoms with E-state index in [0.29, 0.717) is 22.1 Å². The summed E-state index contributed by atoms with van der Waals surface area (Å²) in [6, 6.07) is 22.3. The molecule has 0 unspecified atom stereocenters. The second-order valence-electron chi connectivity index (χ2n) is 8.13. The minimum atomic E-state index is -0.260. The standard InChI is InChI=1S/C27H27N3O4S/c1-33-20-11-7-18(8-12-20)17-24(19-9-13-21(34-2)14-10-19)28-25(31)15-16-30-26(32)22-5-3-4-6-23(22)29-27(30)35/h3-14,24H,15-17H2,1-2H3,(H,28,31)(H,29,35)/t24-/m0/s1. The van der Waals surface area contributed by atoms with Gasteiger partial charge in [0.25, 0.3) is 5.56 Å². The van der Waals surface area contributed by atoms with Crippen LogP contribution in [0.2, 0.25) is 0 Å². The Morgan fingerprint density at radius 3 is 2.26 bits per heavy atom. The van der Waals surface area contributed by atoms with Crippen LogP contribution < -0.4 is 20.3 Å². The van der Waals surface area contributed by atoms with E-state index in [0.717, 1.165) is 22.6 Å². The quantitative estimate of drug-likeness (QED) is 0.337. The van der Waals surface area contributed by atoms with E-state index in [1.54, 1.807) is 26.4 Å². The first-order chi connectivity index (χ1) is 17.0. The molecular weight excluding hydrogens is 462 g/mol. The summed E-state index contributed by atoms with van der Waals surface area (Å²) < 4.78 is 12.2. The number of hydrogen-bond donors (Lipinski definition) is 2. The first-order valence-corrected chi connectivity index (χ1v) is 11.7. The fourth-order valence-corrected chi connectivity index (χ4v) is 4.25. The summed E-state index contributed by atoms with van der Waals surface area (Å²) in [7, 11) is 3.24. The van der Waals surface area contributed by atoms with Crippen LogP contribution in [-0.4, -0.2) is 29.7 Å². The van der Waals surface area contributed by atoms with Gasteiger partial charge in [0, 0.05) is 13.0 Å². The van der Waals surface area contributed by atoms with E-state index in [1.165, 1.54) is 4.57 Å². The number of aromatic nitrogens is 2. The molecule has 0 fully saturated rings. The SMILES string of the molecule is COc1ccc(C[C@H](NC(=O)CCn2c(=S)[nH]c3ccccc3c2=O)c2ccc(OC)cc2)cc1. The number of rotatable bonds is 9. The molecule has 0 bridgehead atoms. The Labute approximate surface area is 208 Å². The van der Waals surface area contributed by atoms with Gasteiger partial charge in [0.2, 0.25) is 5.91 Å². The number of nitrogens with one attached hydrogen (secondary N) is 2. The fraction of sp³-hybridized carbons (Fsp3) is 0.222. The first-order valence-electron chi connectivity index (χ1n) is 11.3. The van der Waals surface area contributed by atoms with Crippen molar-refractivity contribution >= 4 is 29.0 Å². The summed E-state index contributed by atoms with van der Waals surface area (Å²) in [6.45, 7) is 0.183. The zero-order valence-corrected chi connectivity index (χ0v) is 20.4. The highest BCUT2D eigenvalue weighted by molar-refractivity contribution is 7.71. The average molecular weight is 490 g/mol. The third-order valence-electron chi connectivity index (χ3n) is 5.90. The minimum Gasteiger partial charge on any atom is -0.497 e. The van der Waals surface area contributed by atoms with E-state index in [4.69, 9.17) is 21.7 Å². The normalized spacial score (nSPS) is 11.7. The largest absolute Gasteiger partial charge is 0.497 e. The average Bonchev–Trinajstić information content (AvgIpc) is 2.88. The molecule has 35 heavy (non-hydrogen) atoms. The molecule has 180 valence electrons. The number of hydrogen-bond acceptors (Lipinski definition) is 5. The molecule has 4 rings (SSSR count). The number of benzene rings is 3. The van der Waals surface area contributed by atoms with Gasteiger partial charge in [0.1, 0.15) is 11.5 Å². The Morgan fingerprint density at radius 1 is 0.971 bits per heavy atom. The van der Waals surface area contributed by atoms with Crippen LogP contribution in [0.4, 0.5) is 0 Å². The number of ether oxygens (including phenoxy) is 2. The molecule has 0 saturated carbocycles. The third kappa shape index (κ3) is 5.78. The highest BCUT2D eigenvalue weighted by atomic mass is 32.1. The summed E-state index contributed by atoms with van der Waals surface area (Å²) in [5.41, 5.74) is 2.49. The molecule has 1 atom stereocenters. The molecule has 3 aromatic carbocycles. The van der Waals surface area contributed by atoms with Crippen LogP contribution in [0.25, 0.3) is 10.9 Å². The van der Waals surface area contributed by atoms with Gasteiger partial charge in [0.15, 0.2) is 4.77 Å². The zero-order valence-electron chi connectivity index (χ0n) is 19.6. The van der Waals surface area contributed by atoms with Crippen molar-refractivity contribution in [1.82, 2.24) is 14.9 Å². The molecule has 0 radical (unpaired) electrons. The van der Waals surface area contributed by atoms with E-state index in [2.05, 4.69) is 10.3 Å². The number of aromatic amines is 1. The van der Waals surface area contributed by atoms with E-state index in [1.807, 2.05) is 60.7 Å². The van der Waals surface area contributed by atoms with E-state index >= 15 is 0 Å². The maximum atomic E-state index is 13.0. The number of carbonyl (C=O) groups excluding carboxylic acids is 1. The van der Waals surface area contributed by atoms with Crippen LogP contribution in [0.1, 0.15) is 23.6 Å². The molecule has 1 amide bonds. The summed E-state index contributed by atoms with van der Waals surface area (Å²) in [4.78, 5) is 28.9. The van der Waals surface area contributed by atoms with Crippen molar-refractivity contribution < 1.29 is 14.3 Å². The highest BCUT2D eigenvalue weighted by Crippen LogP contribution is 2.23. The van der Waals surface area contributed by atoms with E-state index in [-0.39, 0.29) is 30.5 Å². The van der Waals surface area contributed by atoms with Crippen molar-refractivity contribution in [2.24, 2.45) is 0 Å². The van der Waals surface area contributed by atoms with Crippen LogP contribution >= 0.6 is 12.2 Å². The molecule has 0 aliphatic heterocycles. The fourth-order valence-electron chi connectivity index (χ4n) is 3.97. The van der Waals surface area contributed by atoms with Crippen molar-refractivity contribution in [2.45, 2.75) is 25.4 Å². The summed E-state index contributed by atoms with van der Waals surface area (Å²) in [6.07, 6.45) is 0.711. The number of H-pyrrole nitrogens is 1. The Hall–Kier alpha value is -3.91. The molecule has 7 nitrogen and oxygen atoms in total. The van der Waals surface area contributed by atoms with Crippen LogP contribution in [-0.2, 0) is 17.8 Å². The van der Waals surface area contributed by atoms with E-state index < -0.39 is 0 Å². The molecule has 0 spiro atoms. The Bertz CT molecular complexity index is 1430. The molecule has 4 aromatic rings. The summed E-state index contributed by atoms with van der Waals surface area (Å²) >= 11 is 5.37. The van der Waals surface area contributed by atoms with Crippen LogP contribution in [0.15, 0.2) is 77.6 Å². The smallest absolute Gasteiger partial charge is 0.262 e. The van der Waals surface area contributed by atoms with Crippen LogP contribution in [0.5, 0.6) is 11.5 Å². The predicted octanol–water partition coefficient (Wildman–Crippen LogP) is 4.57. The maximum Gasteiger partial charge on any atom is 0.262 e. The van der Waals surface area contributed by atoms with Gasteiger partial charge < -0.3 is 19.8 Å². The molecule has 0 aliphatic rings. The lowest BCUT2D eigenvalue weighted by atomic mass is 9.98. The lowest BCUT2D eigenvalue weighted by Gasteiger charge is -2.20. The lowest BCUT2D eigenvalue weighted by molar-refractivity contribution is -0.122. The molecule has 1 aromatic heterocycles. The van der Waals surface area contributed by atoms with Crippen molar-refractivity contribution in [3.05, 3.63) is 99.0 Å². The van der Waals surface area contributed by atoms with Crippen molar-refractivity contribution in [1.29, 1.82) is 0 Å². The van der Waals surface area contributed by atoms with Gasteiger partial charge in [-0.3, -0.25) is 14.2 Å². The highest BCUT2D eigenvalue weighted by Gasteiger charge is 2.17. The number of fused-ring (bicyclic) bond motifs is 1. The van der Waals surface area contributed by atoms with E-state index in [9.17, 15) is 9.59 Å². The third-order valence-corrected chi connectivity index (χ3v) is 6.23. The van der Waals surface area contributed by atoms with Crippen molar-refractivity contribution in [2.75, 3.05) is 14.2 Å². The topological polar surface area (TPSA) is 85.4 Å². The predicted molar refractivity (Wildman–Crippen MR) is 139 cm³/mol. The van der Waals surface area contributed by atoms with Gasteiger partial charge in [-0.25, -0.2) is 0 Å². The van der Waals surface area contributed by atoms with Gasteiger partial charge in [-0.1, -0.05) is 36.4 Å². The molecule has 2 N–H and O–H groups in total. The van der Waals surface area contributed by atoms with Gasteiger partial charge >= 0.3 is 0 Å². The van der Waals surface area contributed by atoms with Gasteiger partial charge in [0.05, 0.1) is 31.2 Å². The second-order valence-corrected chi connectivity index (χ2v) is 8.51. The van der Waals surface area contributed by atoms with Gasteiger partial charge in [-0.05, 0) is 66.2 Å². The molecule has 1 heterocycles. The summed E-state index contributed by atoms with van der Waals surface area (Å²) in [5, 5.41) is 3.66.